The van der Waals surface area contributed by atoms with Crippen LogP contribution >= 0.6 is 0 Å². The second-order valence-electron chi connectivity index (χ2n) is 5.06. The zero-order valence-electron chi connectivity index (χ0n) is 11.9. The molecule has 0 radical (unpaired) electrons. The van der Waals surface area contributed by atoms with E-state index in [2.05, 4.69) is 29.8 Å². The van der Waals surface area contributed by atoms with Crippen LogP contribution in [-0.2, 0) is 4.74 Å². The van der Waals surface area contributed by atoms with Crippen LogP contribution in [0.3, 0.4) is 0 Å². The lowest BCUT2D eigenvalue weighted by Crippen LogP contribution is -2.31. The molecule has 2 N–H and O–H groups in total. The second kappa shape index (κ2) is 7.34. The largest absolute Gasteiger partial charge is 0.383 e. The number of ether oxygens (including phenoxy) is 1. The third-order valence-corrected chi connectivity index (χ3v) is 2.75. The molecule has 0 bridgehead atoms. The molecule has 4 nitrogen and oxygen atoms in total. The number of anilines is 1. The van der Waals surface area contributed by atoms with Gasteiger partial charge in [0.05, 0.1) is 24.2 Å². The summed E-state index contributed by atoms with van der Waals surface area (Å²) in [5.41, 5.74) is 7.86. The molecule has 1 atom stereocenters. The Morgan fingerprint density at radius 3 is 2.50 bits per heavy atom. The molecule has 0 fully saturated rings. The van der Waals surface area contributed by atoms with Crippen LogP contribution in [0.1, 0.15) is 32.5 Å². The van der Waals surface area contributed by atoms with E-state index >= 15 is 0 Å². The van der Waals surface area contributed by atoms with Crippen LogP contribution in [0.25, 0.3) is 0 Å². The van der Waals surface area contributed by atoms with E-state index in [1.165, 1.54) is 0 Å². The Morgan fingerprint density at radius 1 is 1.33 bits per heavy atom. The minimum absolute atomic E-state index is 0.0171. The van der Waals surface area contributed by atoms with Gasteiger partial charge in [0.25, 0.3) is 0 Å². The molecule has 102 valence electrons. The molecule has 0 aromatic carbocycles. The average Bonchev–Trinajstić information content (AvgIpc) is 2.34. The van der Waals surface area contributed by atoms with Crippen molar-refractivity contribution in [1.29, 1.82) is 0 Å². The van der Waals surface area contributed by atoms with E-state index in [1.807, 2.05) is 19.2 Å². The van der Waals surface area contributed by atoms with Gasteiger partial charge in [0, 0.05) is 26.2 Å². The fourth-order valence-electron chi connectivity index (χ4n) is 1.82. The summed E-state index contributed by atoms with van der Waals surface area (Å²) in [6.07, 6.45) is 1.90. The first-order valence-corrected chi connectivity index (χ1v) is 6.50. The predicted molar refractivity (Wildman–Crippen MR) is 75.8 cm³/mol. The number of rotatable bonds is 7. The number of aromatic nitrogens is 1. The first-order chi connectivity index (χ1) is 8.54. The molecule has 0 aliphatic heterocycles. The highest BCUT2D eigenvalue weighted by molar-refractivity contribution is 5.44. The van der Waals surface area contributed by atoms with Crippen molar-refractivity contribution in [3.63, 3.8) is 0 Å². The number of nitrogens with zero attached hydrogens (tertiary/aromatic N) is 2. The average molecular weight is 251 g/mol. The lowest BCUT2D eigenvalue weighted by molar-refractivity contribution is 0.204. The number of methoxy groups -OCH3 is 1. The maximum absolute atomic E-state index is 5.80. The van der Waals surface area contributed by atoms with Crippen molar-refractivity contribution in [2.24, 2.45) is 11.7 Å². The van der Waals surface area contributed by atoms with E-state index in [9.17, 15) is 0 Å². The summed E-state index contributed by atoms with van der Waals surface area (Å²) >= 11 is 0. The van der Waals surface area contributed by atoms with E-state index in [0.29, 0.717) is 5.92 Å². The normalized spacial score (nSPS) is 12.8. The summed E-state index contributed by atoms with van der Waals surface area (Å²) in [5, 5.41) is 0. The lowest BCUT2D eigenvalue weighted by atomic mass is 10.2. The highest BCUT2D eigenvalue weighted by Crippen LogP contribution is 2.16. The Kier molecular flexibility index (Phi) is 6.09. The van der Waals surface area contributed by atoms with Gasteiger partial charge in [-0.1, -0.05) is 13.8 Å². The Hall–Kier alpha value is -1.13. The zero-order chi connectivity index (χ0) is 13.5. The Bertz CT molecular complexity index is 335. The molecule has 1 rings (SSSR count). The molecule has 1 aromatic rings. The predicted octanol–water partition coefficient (Wildman–Crippen LogP) is 2.21. The standard InChI is InChI=1S/C14H25N3O/c1-11(2)10-17(7-8-18-4)13-5-6-14(12(3)15)16-9-13/h5-6,9,11-12H,7-8,10,15H2,1-4H3. The summed E-state index contributed by atoms with van der Waals surface area (Å²) in [5.74, 6) is 0.606. The maximum Gasteiger partial charge on any atom is 0.0637 e. The van der Waals surface area contributed by atoms with Crippen molar-refractivity contribution < 1.29 is 4.74 Å². The Morgan fingerprint density at radius 2 is 2.06 bits per heavy atom. The minimum Gasteiger partial charge on any atom is -0.383 e. The molecule has 0 amide bonds. The highest BCUT2D eigenvalue weighted by atomic mass is 16.5. The number of hydrogen-bond donors (Lipinski definition) is 1. The topological polar surface area (TPSA) is 51.4 Å². The molecule has 0 saturated heterocycles. The fourth-order valence-corrected chi connectivity index (χ4v) is 1.82. The van der Waals surface area contributed by atoms with Crippen molar-refractivity contribution >= 4 is 5.69 Å². The summed E-state index contributed by atoms with van der Waals surface area (Å²) in [4.78, 5) is 6.70. The van der Waals surface area contributed by atoms with Crippen molar-refractivity contribution in [2.75, 3.05) is 31.7 Å². The molecule has 0 spiro atoms. The summed E-state index contributed by atoms with van der Waals surface area (Å²) in [7, 11) is 1.73. The SMILES string of the molecule is COCCN(CC(C)C)c1ccc(C(C)N)nc1. The molecule has 0 aliphatic carbocycles. The Labute approximate surface area is 110 Å². The van der Waals surface area contributed by atoms with Crippen molar-refractivity contribution in [3.8, 4) is 0 Å². The second-order valence-corrected chi connectivity index (χ2v) is 5.06. The van der Waals surface area contributed by atoms with Crippen molar-refractivity contribution in [1.82, 2.24) is 4.98 Å². The van der Waals surface area contributed by atoms with Crippen molar-refractivity contribution in [3.05, 3.63) is 24.0 Å². The van der Waals surface area contributed by atoms with Gasteiger partial charge in [-0.2, -0.15) is 0 Å². The first kappa shape index (κ1) is 14.9. The molecule has 18 heavy (non-hydrogen) atoms. The van der Waals surface area contributed by atoms with Gasteiger partial charge in [-0.3, -0.25) is 4.98 Å². The summed E-state index contributed by atoms with van der Waals surface area (Å²) < 4.78 is 5.16. The highest BCUT2D eigenvalue weighted by Gasteiger charge is 2.09. The maximum atomic E-state index is 5.80. The molecular formula is C14H25N3O. The van der Waals surface area contributed by atoms with Crippen LogP contribution in [0.2, 0.25) is 0 Å². The smallest absolute Gasteiger partial charge is 0.0637 e. The molecule has 0 saturated carbocycles. The molecule has 1 aromatic heterocycles. The quantitative estimate of drug-likeness (QED) is 0.807. The van der Waals surface area contributed by atoms with Crippen LogP contribution in [0.5, 0.6) is 0 Å². The first-order valence-electron chi connectivity index (χ1n) is 6.50. The van der Waals surface area contributed by atoms with Gasteiger partial charge in [0.15, 0.2) is 0 Å². The monoisotopic (exact) mass is 251 g/mol. The lowest BCUT2D eigenvalue weighted by Gasteiger charge is -2.26. The summed E-state index contributed by atoms with van der Waals surface area (Å²) in [6.45, 7) is 8.98. The van der Waals surface area contributed by atoms with Gasteiger partial charge in [0.1, 0.15) is 0 Å². The van der Waals surface area contributed by atoms with Gasteiger partial charge in [-0.05, 0) is 25.0 Å². The van der Waals surface area contributed by atoms with Crippen LogP contribution in [0, 0.1) is 5.92 Å². The molecular weight excluding hydrogens is 226 g/mol. The van der Waals surface area contributed by atoms with Gasteiger partial charge in [0.2, 0.25) is 0 Å². The molecule has 1 unspecified atom stereocenters. The zero-order valence-corrected chi connectivity index (χ0v) is 11.9. The van der Waals surface area contributed by atoms with E-state index < -0.39 is 0 Å². The fraction of sp³-hybridized carbons (Fsp3) is 0.643. The van der Waals surface area contributed by atoms with Crippen LogP contribution in [0.4, 0.5) is 5.69 Å². The van der Waals surface area contributed by atoms with Crippen LogP contribution in [0.15, 0.2) is 18.3 Å². The number of hydrogen-bond acceptors (Lipinski definition) is 4. The third-order valence-electron chi connectivity index (χ3n) is 2.75. The van der Waals surface area contributed by atoms with E-state index in [-0.39, 0.29) is 6.04 Å². The van der Waals surface area contributed by atoms with Gasteiger partial charge >= 0.3 is 0 Å². The Balaban J connectivity index is 2.77. The van der Waals surface area contributed by atoms with Gasteiger partial charge in [-0.15, -0.1) is 0 Å². The van der Waals surface area contributed by atoms with E-state index in [1.54, 1.807) is 7.11 Å². The number of pyridine rings is 1. The minimum atomic E-state index is -0.0171. The van der Waals surface area contributed by atoms with E-state index in [0.717, 1.165) is 31.1 Å². The van der Waals surface area contributed by atoms with Crippen LogP contribution < -0.4 is 10.6 Å². The third kappa shape index (κ3) is 4.63. The molecule has 0 aliphatic rings. The molecule has 1 heterocycles. The van der Waals surface area contributed by atoms with E-state index in [4.69, 9.17) is 10.5 Å². The van der Waals surface area contributed by atoms with Crippen molar-refractivity contribution in [2.45, 2.75) is 26.8 Å². The van der Waals surface area contributed by atoms with Crippen LogP contribution in [-0.4, -0.2) is 31.8 Å². The number of nitrogens with two attached hydrogens (primary N) is 1. The van der Waals surface area contributed by atoms with Gasteiger partial charge < -0.3 is 15.4 Å². The summed E-state index contributed by atoms with van der Waals surface area (Å²) in [6, 6.07) is 4.07. The molecule has 4 heteroatoms. The van der Waals surface area contributed by atoms with Gasteiger partial charge in [-0.25, -0.2) is 0 Å².